The lowest BCUT2D eigenvalue weighted by atomic mass is 9.39. The van der Waals surface area contributed by atoms with Crippen LogP contribution < -0.4 is 0 Å². The van der Waals surface area contributed by atoms with Gasteiger partial charge in [-0.15, -0.1) is 0 Å². The SMILES string of the molecule is CC1C(C)C2C(C)C(C)C1C(C)(OC(=O)c1ccccc1)C2(OC(=O)c1ccccc1)C(C)C. The number of rotatable bonds is 5. The van der Waals surface area contributed by atoms with E-state index in [1.165, 1.54) is 0 Å². The van der Waals surface area contributed by atoms with Crippen molar-refractivity contribution in [2.45, 2.75) is 59.7 Å². The van der Waals surface area contributed by atoms with Crippen LogP contribution in [0.4, 0.5) is 0 Å². The Bertz CT molecular complexity index is 1020. The first kappa shape index (κ1) is 24.5. The molecule has 0 N–H and O–H groups in total. The molecule has 0 aliphatic heterocycles. The molecule has 182 valence electrons. The van der Waals surface area contributed by atoms with Crippen molar-refractivity contribution in [3.63, 3.8) is 0 Å². The predicted molar refractivity (Wildman–Crippen MR) is 133 cm³/mol. The van der Waals surface area contributed by atoms with Gasteiger partial charge in [0.25, 0.3) is 0 Å². The van der Waals surface area contributed by atoms with Gasteiger partial charge in [-0.25, -0.2) is 9.59 Å². The van der Waals surface area contributed by atoms with Crippen LogP contribution >= 0.6 is 0 Å². The number of hydrogen-bond acceptors (Lipinski definition) is 4. The van der Waals surface area contributed by atoms with Crippen molar-refractivity contribution in [3.8, 4) is 0 Å². The summed E-state index contributed by atoms with van der Waals surface area (Å²) in [6.07, 6.45) is 0. The van der Waals surface area contributed by atoms with Gasteiger partial charge in [0.1, 0.15) is 0 Å². The summed E-state index contributed by atoms with van der Waals surface area (Å²) in [6.45, 7) is 15.3. The Kier molecular flexibility index (Phi) is 6.39. The maximum atomic E-state index is 13.6. The highest BCUT2D eigenvalue weighted by Gasteiger charge is 2.75. The van der Waals surface area contributed by atoms with Gasteiger partial charge in [-0.2, -0.15) is 0 Å². The lowest BCUT2D eigenvalue weighted by molar-refractivity contribution is -0.315. The van der Waals surface area contributed by atoms with Crippen LogP contribution in [0.2, 0.25) is 0 Å². The fourth-order valence-electron chi connectivity index (χ4n) is 7.65. The first-order chi connectivity index (χ1) is 16.1. The van der Waals surface area contributed by atoms with Gasteiger partial charge < -0.3 is 9.47 Å². The standard InChI is InChI=1S/C30H38O4/c1-18(2)30(34-28(32)24-16-12-9-13-17-24)26-21(5)19(3)25(20(4)22(26)6)29(30,7)33-27(31)23-14-10-8-11-15-23/h8-22,25-26H,1-7H3. The van der Waals surface area contributed by atoms with Gasteiger partial charge in [0.15, 0.2) is 11.2 Å². The molecule has 34 heavy (non-hydrogen) atoms. The molecule has 3 saturated carbocycles. The summed E-state index contributed by atoms with van der Waals surface area (Å²) in [7, 11) is 0. The summed E-state index contributed by atoms with van der Waals surface area (Å²) < 4.78 is 13.2. The molecule has 6 atom stereocenters. The van der Waals surface area contributed by atoms with E-state index in [9.17, 15) is 9.59 Å². The number of carbonyl (C=O) groups is 2. The third-order valence-electron chi connectivity index (χ3n) is 9.27. The Labute approximate surface area is 204 Å². The van der Waals surface area contributed by atoms with Crippen LogP contribution in [0.15, 0.2) is 60.7 Å². The van der Waals surface area contributed by atoms with Crippen LogP contribution in [-0.4, -0.2) is 23.1 Å². The average Bonchev–Trinajstić information content (AvgIpc) is 2.82. The second-order valence-corrected chi connectivity index (χ2v) is 11.1. The van der Waals surface area contributed by atoms with Crippen molar-refractivity contribution in [2.24, 2.45) is 41.4 Å². The van der Waals surface area contributed by atoms with Crippen LogP contribution in [0.3, 0.4) is 0 Å². The zero-order valence-corrected chi connectivity index (χ0v) is 21.4. The molecule has 0 aromatic heterocycles. The lowest BCUT2D eigenvalue weighted by Gasteiger charge is -2.70. The maximum absolute atomic E-state index is 13.6. The number of fused-ring (bicyclic) bond motifs is 3. The molecule has 6 unspecified atom stereocenters. The minimum absolute atomic E-state index is 0.0499. The van der Waals surface area contributed by atoms with Crippen molar-refractivity contribution in [1.29, 1.82) is 0 Å². The van der Waals surface area contributed by atoms with Gasteiger partial charge >= 0.3 is 11.9 Å². The van der Waals surface area contributed by atoms with E-state index < -0.39 is 11.2 Å². The summed E-state index contributed by atoms with van der Waals surface area (Å²) in [5.74, 6) is 0.645. The normalized spacial score (nSPS) is 36.8. The van der Waals surface area contributed by atoms with E-state index in [4.69, 9.17) is 9.47 Å². The van der Waals surface area contributed by atoms with Crippen molar-refractivity contribution >= 4 is 11.9 Å². The minimum atomic E-state index is -0.971. The molecule has 0 radical (unpaired) electrons. The van der Waals surface area contributed by atoms with E-state index in [0.29, 0.717) is 34.8 Å². The predicted octanol–water partition coefficient (Wildman–Crippen LogP) is 6.66. The molecule has 0 saturated heterocycles. The molecule has 2 aromatic rings. The van der Waals surface area contributed by atoms with E-state index in [0.717, 1.165) is 0 Å². The van der Waals surface area contributed by atoms with E-state index in [1.807, 2.05) is 43.3 Å². The van der Waals surface area contributed by atoms with Gasteiger partial charge in [0, 0.05) is 11.8 Å². The molecular formula is C30H38O4. The summed E-state index contributed by atoms with van der Waals surface area (Å²) >= 11 is 0. The number of hydrogen-bond donors (Lipinski definition) is 0. The highest BCUT2D eigenvalue weighted by atomic mass is 16.6. The summed E-state index contributed by atoms with van der Waals surface area (Å²) in [4.78, 5) is 27.0. The minimum Gasteiger partial charge on any atom is -0.451 e. The van der Waals surface area contributed by atoms with Crippen molar-refractivity contribution in [1.82, 2.24) is 0 Å². The number of esters is 2. The molecule has 4 heteroatoms. The maximum Gasteiger partial charge on any atom is 0.338 e. The van der Waals surface area contributed by atoms with Crippen LogP contribution in [0.1, 0.15) is 69.2 Å². The van der Waals surface area contributed by atoms with E-state index in [2.05, 4.69) is 41.5 Å². The molecule has 2 aromatic carbocycles. The topological polar surface area (TPSA) is 52.6 Å². The Morgan fingerprint density at radius 2 is 1.06 bits per heavy atom. The Hall–Kier alpha value is -2.62. The Balaban J connectivity index is 1.87. The monoisotopic (exact) mass is 462 g/mol. The molecule has 0 amide bonds. The van der Waals surface area contributed by atoms with Crippen LogP contribution in [0, 0.1) is 41.4 Å². The van der Waals surface area contributed by atoms with Crippen LogP contribution in [0.25, 0.3) is 0 Å². The summed E-state index contributed by atoms with van der Waals surface area (Å²) in [6, 6.07) is 18.2. The van der Waals surface area contributed by atoms with Gasteiger partial charge in [-0.05, 0) is 60.8 Å². The molecule has 0 heterocycles. The Morgan fingerprint density at radius 3 is 1.47 bits per heavy atom. The molecule has 2 bridgehead atoms. The number of carbonyl (C=O) groups excluding carboxylic acids is 2. The molecule has 0 spiro atoms. The first-order valence-corrected chi connectivity index (χ1v) is 12.6. The molecule has 4 nitrogen and oxygen atoms in total. The van der Waals surface area contributed by atoms with Crippen molar-refractivity contribution in [3.05, 3.63) is 71.8 Å². The molecule has 3 aliphatic rings. The number of ether oxygens (including phenoxy) is 2. The van der Waals surface area contributed by atoms with E-state index >= 15 is 0 Å². The van der Waals surface area contributed by atoms with E-state index in [1.54, 1.807) is 24.3 Å². The Morgan fingerprint density at radius 1 is 0.676 bits per heavy atom. The zero-order valence-electron chi connectivity index (χ0n) is 21.4. The van der Waals surface area contributed by atoms with Gasteiger partial charge in [0.2, 0.25) is 0 Å². The first-order valence-electron chi connectivity index (χ1n) is 12.6. The summed E-state index contributed by atoms with van der Waals surface area (Å²) in [5.41, 5.74) is -0.894. The zero-order chi connectivity index (χ0) is 24.8. The van der Waals surface area contributed by atoms with Crippen LogP contribution in [0.5, 0.6) is 0 Å². The van der Waals surface area contributed by atoms with Crippen molar-refractivity contribution in [2.75, 3.05) is 0 Å². The molecule has 3 fully saturated rings. The van der Waals surface area contributed by atoms with Gasteiger partial charge in [0.05, 0.1) is 11.1 Å². The number of benzene rings is 2. The molecular weight excluding hydrogens is 424 g/mol. The van der Waals surface area contributed by atoms with Gasteiger partial charge in [-0.1, -0.05) is 77.9 Å². The van der Waals surface area contributed by atoms with Crippen molar-refractivity contribution < 1.29 is 19.1 Å². The second-order valence-electron chi connectivity index (χ2n) is 11.1. The lowest BCUT2D eigenvalue weighted by Crippen LogP contribution is -2.78. The van der Waals surface area contributed by atoms with Crippen LogP contribution in [-0.2, 0) is 9.47 Å². The average molecular weight is 463 g/mol. The highest BCUT2D eigenvalue weighted by Crippen LogP contribution is 2.67. The largest absolute Gasteiger partial charge is 0.451 e. The third kappa shape index (κ3) is 3.49. The fourth-order valence-corrected chi connectivity index (χ4v) is 7.65. The second kappa shape index (κ2) is 8.87. The smallest absolute Gasteiger partial charge is 0.338 e. The fraction of sp³-hybridized carbons (Fsp3) is 0.533. The highest BCUT2D eigenvalue weighted by molar-refractivity contribution is 5.91. The summed E-state index contributed by atoms with van der Waals surface area (Å²) in [5, 5.41) is 0. The molecule has 5 rings (SSSR count). The van der Waals surface area contributed by atoms with E-state index in [-0.39, 0.29) is 29.7 Å². The third-order valence-corrected chi connectivity index (χ3v) is 9.27. The molecule has 3 aliphatic carbocycles. The quantitative estimate of drug-likeness (QED) is 0.466. The van der Waals surface area contributed by atoms with Gasteiger partial charge in [-0.3, -0.25) is 0 Å².